The van der Waals surface area contributed by atoms with E-state index < -0.39 is 6.10 Å². The standard InChI is InChI=1S/C11H16N2O3S2/c1-15-8-5-12-9(11(13-8)16-2)10(14)7-6-17-3-4-18-7/h5,7,10,14H,3-4,6H2,1-2H3. The number of methoxy groups -OCH3 is 2. The molecule has 0 saturated carbocycles. The summed E-state index contributed by atoms with van der Waals surface area (Å²) in [6.45, 7) is 0. The third kappa shape index (κ3) is 3.02. The van der Waals surface area contributed by atoms with Crippen LogP contribution in [-0.4, -0.2) is 51.8 Å². The first-order chi connectivity index (χ1) is 8.76. The Labute approximate surface area is 115 Å². The van der Waals surface area contributed by atoms with E-state index in [1.807, 2.05) is 11.8 Å². The van der Waals surface area contributed by atoms with Crippen molar-refractivity contribution in [3.63, 3.8) is 0 Å². The van der Waals surface area contributed by atoms with Gasteiger partial charge in [0, 0.05) is 22.5 Å². The van der Waals surface area contributed by atoms with Crippen molar-refractivity contribution in [1.82, 2.24) is 9.97 Å². The molecule has 2 heterocycles. The summed E-state index contributed by atoms with van der Waals surface area (Å²) in [7, 11) is 3.04. The van der Waals surface area contributed by atoms with E-state index in [4.69, 9.17) is 9.47 Å². The van der Waals surface area contributed by atoms with Gasteiger partial charge in [0.1, 0.15) is 11.8 Å². The molecule has 0 amide bonds. The van der Waals surface area contributed by atoms with Crippen molar-refractivity contribution < 1.29 is 14.6 Å². The summed E-state index contributed by atoms with van der Waals surface area (Å²) in [6, 6.07) is 0. The molecule has 18 heavy (non-hydrogen) atoms. The molecule has 2 rings (SSSR count). The van der Waals surface area contributed by atoms with E-state index in [2.05, 4.69) is 9.97 Å². The van der Waals surface area contributed by atoms with E-state index >= 15 is 0 Å². The summed E-state index contributed by atoms with van der Waals surface area (Å²) in [6.07, 6.45) is 0.845. The third-order valence-corrected chi connectivity index (χ3v) is 5.47. The summed E-state index contributed by atoms with van der Waals surface area (Å²) in [4.78, 5) is 8.35. The minimum Gasteiger partial charge on any atom is -0.480 e. The van der Waals surface area contributed by atoms with E-state index in [0.29, 0.717) is 17.5 Å². The Kier molecular flexibility index (Phi) is 4.96. The van der Waals surface area contributed by atoms with Crippen molar-refractivity contribution in [3.05, 3.63) is 11.9 Å². The number of ether oxygens (including phenoxy) is 2. The fourth-order valence-corrected chi connectivity index (χ4v) is 4.41. The highest BCUT2D eigenvalue weighted by molar-refractivity contribution is 8.06. The highest BCUT2D eigenvalue weighted by Crippen LogP contribution is 2.35. The van der Waals surface area contributed by atoms with Crippen molar-refractivity contribution in [1.29, 1.82) is 0 Å². The number of thioether (sulfide) groups is 2. The largest absolute Gasteiger partial charge is 0.480 e. The minimum atomic E-state index is -0.656. The van der Waals surface area contributed by atoms with Gasteiger partial charge in [0.15, 0.2) is 0 Å². The fraction of sp³-hybridized carbons (Fsp3) is 0.636. The first kappa shape index (κ1) is 13.8. The maximum Gasteiger partial charge on any atom is 0.241 e. The molecule has 1 aliphatic rings. The molecule has 2 atom stereocenters. The van der Waals surface area contributed by atoms with Crippen LogP contribution in [0.15, 0.2) is 6.20 Å². The molecule has 7 heteroatoms. The number of nitrogens with zero attached hydrogens (tertiary/aromatic N) is 2. The highest BCUT2D eigenvalue weighted by Gasteiger charge is 2.28. The first-order valence-electron chi connectivity index (χ1n) is 5.58. The van der Waals surface area contributed by atoms with Crippen molar-refractivity contribution in [2.24, 2.45) is 0 Å². The molecule has 0 bridgehead atoms. The molecule has 100 valence electrons. The van der Waals surface area contributed by atoms with Gasteiger partial charge in [0.05, 0.1) is 20.4 Å². The van der Waals surface area contributed by atoms with Crippen LogP contribution in [0.5, 0.6) is 11.8 Å². The number of aromatic nitrogens is 2. The van der Waals surface area contributed by atoms with Crippen LogP contribution in [0, 0.1) is 0 Å². The molecule has 1 saturated heterocycles. The minimum absolute atomic E-state index is 0.139. The molecule has 1 aromatic heterocycles. The van der Waals surface area contributed by atoms with E-state index in [1.54, 1.807) is 11.8 Å². The number of aliphatic hydroxyl groups excluding tert-OH is 1. The van der Waals surface area contributed by atoms with Crippen LogP contribution in [0.4, 0.5) is 0 Å². The smallest absolute Gasteiger partial charge is 0.241 e. The number of hydrogen-bond donors (Lipinski definition) is 1. The Morgan fingerprint density at radius 1 is 1.39 bits per heavy atom. The van der Waals surface area contributed by atoms with Gasteiger partial charge in [-0.05, 0) is 0 Å². The van der Waals surface area contributed by atoms with Crippen LogP contribution >= 0.6 is 23.5 Å². The van der Waals surface area contributed by atoms with E-state index in [0.717, 1.165) is 17.3 Å². The Bertz CT molecular complexity index is 400. The Morgan fingerprint density at radius 2 is 2.22 bits per heavy atom. The molecule has 1 aromatic rings. The molecule has 0 aliphatic carbocycles. The van der Waals surface area contributed by atoms with Gasteiger partial charge >= 0.3 is 0 Å². The van der Waals surface area contributed by atoms with Gasteiger partial charge < -0.3 is 14.6 Å². The van der Waals surface area contributed by atoms with Crippen LogP contribution < -0.4 is 9.47 Å². The quantitative estimate of drug-likeness (QED) is 0.897. The second kappa shape index (κ2) is 6.49. The van der Waals surface area contributed by atoms with Crippen LogP contribution in [0.2, 0.25) is 0 Å². The van der Waals surface area contributed by atoms with Crippen molar-refractivity contribution in [3.8, 4) is 11.8 Å². The first-order valence-corrected chi connectivity index (χ1v) is 7.79. The van der Waals surface area contributed by atoms with E-state index in [-0.39, 0.29) is 5.25 Å². The zero-order valence-electron chi connectivity index (χ0n) is 10.3. The van der Waals surface area contributed by atoms with Gasteiger partial charge in [0.2, 0.25) is 11.8 Å². The molecule has 1 N–H and O–H groups in total. The summed E-state index contributed by atoms with van der Waals surface area (Å²) in [5.41, 5.74) is 0.485. The zero-order valence-corrected chi connectivity index (χ0v) is 12.0. The molecule has 2 unspecified atom stereocenters. The monoisotopic (exact) mass is 288 g/mol. The molecule has 5 nitrogen and oxygen atoms in total. The lowest BCUT2D eigenvalue weighted by Gasteiger charge is -2.25. The average Bonchev–Trinajstić information content (AvgIpc) is 2.46. The van der Waals surface area contributed by atoms with Crippen LogP contribution in [-0.2, 0) is 0 Å². The van der Waals surface area contributed by atoms with Crippen molar-refractivity contribution in [2.45, 2.75) is 11.4 Å². The molecule has 1 fully saturated rings. The predicted molar refractivity (Wildman–Crippen MR) is 73.7 cm³/mol. The van der Waals surface area contributed by atoms with Crippen LogP contribution in [0.25, 0.3) is 0 Å². The van der Waals surface area contributed by atoms with Gasteiger partial charge in [-0.3, -0.25) is 0 Å². The summed E-state index contributed by atoms with van der Waals surface area (Å²) in [5.74, 6) is 3.83. The zero-order chi connectivity index (χ0) is 13.0. The Balaban J connectivity index is 2.20. The normalized spacial score (nSPS) is 21.4. The average molecular weight is 288 g/mol. The van der Waals surface area contributed by atoms with Gasteiger partial charge in [-0.15, -0.1) is 0 Å². The Morgan fingerprint density at radius 3 is 2.83 bits per heavy atom. The molecule has 0 radical (unpaired) electrons. The second-order valence-electron chi connectivity index (χ2n) is 3.74. The van der Waals surface area contributed by atoms with Gasteiger partial charge in [0.25, 0.3) is 0 Å². The van der Waals surface area contributed by atoms with Crippen LogP contribution in [0.3, 0.4) is 0 Å². The second-order valence-corrected chi connectivity index (χ2v) is 6.23. The molecule has 1 aliphatic heterocycles. The lowest BCUT2D eigenvalue weighted by atomic mass is 10.2. The maximum atomic E-state index is 10.4. The lowest BCUT2D eigenvalue weighted by Crippen LogP contribution is -2.23. The van der Waals surface area contributed by atoms with E-state index in [9.17, 15) is 5.11 Å². The topological polar surface area (TPSA) is 64.5 Å². The SMILES string of the molecule is COc1cnc(C(O)C2CSCCS2)c(OC)n1. The number of rotatable bonds is 4. The predicted octanol–water partition coefficient (Wildman–Crippen LogP) is 1.38. The fourth-order valence-electron chi connectivity index (χ4n) is 1.68. The molecular formula is C11H16N2O3S2. The van der Waals surface area contributed by atoms with Crippen molar-refractivity contribution in [2.75, 3.05) is 31.5 Å². The van der Waals surface area contributed by atoms with Gasteiger partial charge in [-0.2, -0.15) is 28.5 Å². The molecule has 0 spiro atoms. The lowest BCUT2D eigenvalue weighted by molar-refractivity contribution is 0.169. The number of aliphatic hydroxyl groups is 1. The summed E-state index contributed by atoms with van der Waals surface area (Å²) in [5, 5.41) is 10.5. The van der Waals surface area contributed by atoms with Gasteiger partial charge in [-0.25, -0.2) is 4.98 Å². The summed E-state index contributed by atoms with van der Waals surface area (Å²) < 4.78 is 10.2. The number of hydrogen-bond acceptors (Lipinski definition) is 7. The molecule has 0 aromatic carbocycles. The highest BCUT2D eigenvalue weighted by atomic mass is 32.2. The molecular weight excluding hydrogens is 272 g/mol. The Hall–Kier alpha value is -0.660. The van der Waals surface area contributed by atoms with Crippen molar-refractivity contribution >= 4 is 23.5 Å². The summed E-state index contributed by atoms with van der Waals surface area (Å²) >= 11 is 3.62. The van der Waals surface area contributed by atoms with Gasteiger partial charge in [-0.1, -0.05) is 0 Å². The van der Waals surface area contributed by atoms with Crippen LogP contribution in [0.1, 0.15) is 11.8 Å². The third-order valence-electron chi connectivity index (χ3n) is 2.62. The maximum absolute atomic E-state index is 10.4. The van der Waals surface area contributed by atoms with E-state index in [1.165, 1.54) is 20.4 Å².